The molecule has 0 aromatic rings. The van der Waals surface area contributed by atoms with E-state index in [9.17, 15) is 4.79 Å². The molecule has 0 aliphatic heterocycles. The molecule has 2 unspecified atom stereocenters. The Kier molecular flexibility index (Phi) is 5.66. The van der Waals surface area contributed by atoms with Crippen molar-refractivity contribution in [2.45, 2.75) is 25.9 Å². The van der Waals surface area contributed by atoms with Crippen LogP contribution < -0.4 is 5.73 Å². The molecule has 0 radical (unpaired) electrons. The third-order valence-electron chi connectivity index (χ3n) is 1.86. The summed E-state index contributed by atoms with van der Waals surface area (Å²) in [6.45, 7) is 2.31. The lowest BCUT2D eigenvalue weighted by molar-refractivity contribution is -0.138. The first-order valence-corrected chi connectivity index (χ1v) is 4.04. The first-order valence-electron chi connectivity index (χ1n) is 4.04. The molecule has 12 heavy (non-hydrogen) atoms. The zero-order valence-electron chi connectivity index (χ0n) is 7.62. The third-order valence-corrected chi connectivity index (χ3v) is 1.86. The number of carbonyl (C=O) groups is 1. The van der Waals surface area contributed by atoms with E-state index in [1.807, 2.05) is 6.92 Å². The van der Waals surface area contributed by atoms with Gasteiger partial charge in [0.15, 0.2) is 0 Å². The minimum absolute atomic E-state index is 0.0254. The van der Waals surface area contributed by atoms with Crippen LogP contribution in [0.4, 0.5) is 0 Å². The van der Waals surface area contributed by atoms with E-state index in [0.717, 1.165) is 0 Å². The van der Waals surface area contributed by atoms with Gasteiger partial charge in [0.05, 0.1) is 6.10 Å². The summed E-state index contributed by atoms with van der Waals surface area (Å²) in [5, 5.41) is 8.50. The molecule has 0 rings (SSSR count). The van der Waals surface area contributed by atoms with Crippen molar-refractivity contribution in [2.24, 2.45) is 11.7 Å². The molecule has 0 amide bonds. The van der Waals surface area contributed by atoms with Crippen molar-refractivity contribution in [1.29, 1.82) is 0 Å². The number of hydrogen-bond donors (Lipinski definition) is 2. The van der Waals surface area contributed by atoms with Gasteiger partial charge in [-0.25, -0.2) is 0 Å². The molecule has 4 nitrogen and oxygen atoms in total. The Bertz CT molecular complexity index is 138. The van der Waals surface area contributed by atoms with Crippen LogP contribution in [-0.2, 0) is 9.53 Å². The van der Waals surface area contributed by atoms with Gasteiger partial charge in [0, 0.05) is 13.5 Å². The van der Waals surface area contributed by atoms with Crippen molar-refractivity contribution < 1.29 is 14.6 Å². The number of nitrogens with two attached hydrogens (primary N) is 1. The monoisotopic (exact) mass is 175 g/mol. The Balaban J connectivity index is 3.74. The summed E-state index contributed by atoms with van der Waals surface area (Å²) in [5.74, 6) is -0.772. The number of aliphatic carboxylic acids is 1. The van der Waals surface area contributed by atoms with Crippen molar-refractivity contribution in [2.75, 3.05) is 13.7 Å². The summed E-state index contributed by atoms with van der Waals surface area (Å²) in [6, 6.07) is 0. The number of rotatable bonds is 6. The first kappa shape index (κ1) is 11.4. The van der Waals surface area contributed by atoms with Gasteiger partial charge in [0.25, 0.3) is 0 Å². The van der Waals surface area contributed by atoms with Gasteiger partial charge < -0.3 is 15.6 Å². The third kappa shape index (κ3) is 5.09. The second kappa shape index (κ2) is 5.97. The fourth-order valence-electron chi connectivity index (χ4n) is 1.08. The molecule has 0 aromatic heterocycles. The van der Waals surface area contributed by atoms with Gasteiger partial charge in [-0.15, -0.1) is 0 Å². The average Bonchev–Trinajstić information content (AvgIpc) is 2.02. The van der Waals surface area contributed by atoms with Crippen LogP contribution in [0.15, 0.2) is 0 Å². The molecule has 0 spiro atoms. The molecular formula is C8H17NO3. The van der Waals surface area contributed by atoms with E-state index < -0.39 is 5.97 Å². The van der Waals surface area contributed by atoms with E-state index in [4.69, 9.17) is 15.6 Å². The lowest BCUT2D eigenvalue weighted by Gasteiger charge is -2.16. The molecule has 4 heteroatoms. The molecule has 0 heterocycles. The molecule has 0 fully saturated rings. The molecule has 0 saturated carbocycles. The number of carboxylic acid groups (broad SMARTS) is 1. The highest BCUT2D eigenvalue weighted by Gasteiger charge is 2.14. The van der Waals surface area contributed by atoms with E-state index in [-0.39, 0.29) is 18.4 Å². The van der Waals surface area contributed by atoms with Crippen LogP contribution in [0, 0.1) is 5.92 Å². The predicted molar refractivity (Wildman–Crippen MR) is 45.9 cm³/mol. The maximum absolute atomic E-state index is 10.3. The van der Waals surface area contributed by atoms with Crippen LogP contribution in [0.3, 0.4) is 0 Å². The fraction of sp³-hybridized carbons (Fsp3) is 0.875. The van der Waals surface area contributed by atoms with E-state index >= 15 is 0 Å². The molecule has 72 valence electrons. The Hall–Kier alpha value is -0.610. The maximum Gasteiger partial charge on any atom is 0.303 e. The minimum atomic E-state index is -0.797. The van der Waals surface area contributed by atoms with Gasteiger partial charge in [0.1, 0.15) is 0 Å². The lowest BCUT2D eigenvalue weighted by Crippen LogP contribution is -2.22. The van der Waals surface area contributed by atoms with E-state index in [0.29, 0.717) is 13.0 Å². The first-order chi connectivity index (χ1) is 5.60. The number of hydrogen-bond acceptors (Lipinski definition) is 3. The SMILES string of the molecule is COC(C)CC(CN)CC(=O)O. The molecule has 2 atom stereocenters. The summed E-state index contributed by atoms with van der Waals surface area (Å²) in [4.78, 5) is 10.3. The molecule has 0 aliphatic carbocycles. The zero-order chi connectivity index (χ0) is 9.56. The highest BCUT2D eigenvalue weighted by atomic mass is 16.5. The van der Waals surface area contributed by atoms with Crippen molar-refractivity contribution in [3.8, 4) is 0 Å². The Morgan fingerprint density at radius 2 is 2.25 bits per heavy atom. The van der Waals surface area contributed by atoms with Crippen LogP contribution >= 0.6 is 0 Å². The van der Waals surface area contributed by atoms with Crippen molar-refractivity contribution in [3.63, 3.8) is 0 Å². The van der Waals surface area contributed by atoms with Crippen LogP contribution in [-0.4, -0.2) is 30.8 Å². The van der Waals surface area contributed by atoms with Gasteiger partial charge in [-0.05, 0) is 25.8 Å². The number of ether oxygens (including phenoxy) is 1. The molecular weight excluding hydrogens is 158 g/mol. The Labute approximate surface area is 72.7 Å². The smallest absolute Gasteiger partial charge is 0.303 e. The number of carboxylic acids is 1. The van der Waals surface area contributed by atoms with E-state index in [1.54, 1.807) is 7.11 Å². The normalized spacial score (nSPS) is 15.6. The van der Waals surface area contributed by atoms with Crippen molar-refractivity contribution >= 4 is 5.97 Å². The predicted octanol–water partition coefficient (Wildman–Crippen LogP) is 0.461. The molecule has 0 aromatic carbocycles. The van der Waals surface area contributed by atoms with Crippen LogP contribution in [0.25, 0.3) is 0 Å². The maximum atomic E-state index is 10.3. The molecule has 3 N–H and O–H groups in total. The highest BCUT2D eigenvalue weighted by Crippen LogP contribution is 2.11. The summed E-state index contributed by atoms with van der Waals surface area (Å²) in [6.07, 6.45) is 0.918. The lowest BCUT2D eigenvalue weighted by atomic mass is 9.99. The van der Waals surface area contributed by atoms with Crippen molar-refractivity contribution in [3.05, 3.63) is 0 Å². The number of methoxy groups -OCH3 is 1. The van der Waals surface area contributed by atoms with E-state index in [1.165, 1.54) is 0 Å². The van der Waals surface area contributed by atoms with Gasteiger partial charge in [-0.1, -0.05) is 0 Å². The van der Waals surface area contributed by atoms with Gasteiger partial charge in [0.2, 0.25) is 0 Å². The van der Waals surface area contributed by atoms with Gasteiger partial charge in [-0.2, -0.15) is 0 Å². The fourth-order valence-corrected chi connectivity index (χ4v) is 1.08. The zero-order valence-corrected chi connectivity index (χ0v) is 7.62. The van der Waals surface area contributed by atoms with Crippen molar-refractivity contribution in [1.82, 2.24) is 0 Å². The second-order valence-electron chi connectivity index (χ2n) is 2.98. The van der Waals surface area contributed by atoms with E-state index in [2.05, 4.69) is 0 Å². The van der Waals surface area contributed by atoms with Gasteiger partial charge >= 0.3 is 5.97 Å². The van der Waals surface area contributed by atoms with Crippen LogP contribution in [0.2, 0.25) is 0 Å². The summed E-state index contributed by atoms with van der Waals surface area (Å²) >= 11 is 0. The minimum Gasteiger partial charge on any atom is -0.481 e. The molecule has 0 bridgehead atoms. The quantitative estimate of drug-likeness (QED) is 0.615. The largest absolute Gasteiger partial charge is 0.481 e. The van der Waals surface area contributed by atoms with Gasteiger partial charge in [-0.3, -0.25) is 4.79 Å². The summed E-state index contributed by atoms with van der Waals surface area (Å²) in [5.41, 5.74) is 5.41. The topological polar surface area (TPSA) is 72.5 Å². The van der Waals surface area contributed by atoms with Crippen LogP contribution in [0.5, 0.6) is 0 Å². The average molecular weight is 175 g/mol. The Morgan fingerprint density at radius 3 is 2.58 bits per heavy atom. The highest BCUT2D eigenvalue weighted by molar-refractivity contribution is 5.67. The molecule has 0 aliphatic rings. The second-order valence-corrected chi connectivity index (χ2v) is 2.98. The van der Waals surface area contributed by atoms with Crippen LogP contribution in [0.1, 0.15) is 19.8 Å². The standard InChI is InChI=1S/C8H17NO3/c1-6(12-2)3-7(5-9)4-8(10)11/h6-7H,3-5,9H2,1-2H3,(H,10,11). The Morgan fingerprint density at radius 1 is 1.67 bits per heavy atom. The molecule has 0 saturated heterocycles. The summed E-state index contributed by atoms with van der Waals surface area (Å²) < 4.78 is 5.02. The summed E-state index contributed by atoms with van der Waals surface area (Å²) in [7, 11) is 1.61.